The number of carbonyl (C=O) groups excluding carboxylic acids is 1. The van der Waals surface area contributed by atoms with Gasteiger partial charge in [0.25, 0.3) is 0 Å². The summed E-state index contributed by atoms with van der Waals surface area (Å²) in [6.07, 6.45) is 4.82. The van der Waals surface area contributed by atoms with Gasteiger partial charge >= 0.3 is 0 Å². The molecule has 0 bridgehead atoms. The molecule has 1 aliphatic heterocycles. The van der Waals surface area contributed by atoms with Crippen molar-refractivity contribution in [3.8, 4) is 0 Å². The van der Waals surface area contributed by atoms with E-state index in [1.807, 2.05) is 24.3 Å². The van der Waals surface area contributed by atoms with Crippen LogP contribution in [-0.4, -0.2) is 34.9 Å². The van der Waals surface area contributed by atoms with E-state index in [1.54, 1.807) is 0 Å². The van der Waals surface area contributed by atoms with Gasteiger partial charge in [-0.15, -0.1) is 0 Å². The summed E-state index contributed by atoms with van der Waals surface area (Å²) in [7, 11) is 0. The van der Waals surface area contributed by atoms with Gasteiger partial charge in [-0.25, -0.2) is 4.98 Å². The van der Waals surface area contributed by atoms with Gasteiger partial charge in [-0.05, 0) is 37.9 Å². The van der Waals surface area contributed by atoms with Gasteiger partial charge in [0.15, 0.2) is 5.13 Å². The Balaban J connectivity index is 1.63. The van der Waals surface area contributed by atoms with Crippen molar-refractivity contribution in [2.24, 2.45) is 0 Å². The van der Waals surface area contributed by atoms with Gasteiger partial charge < -0.3 is 5.32 Å². The van der Waals surface area contributed by atoms with Crippen molar-refractivity contribution in [1.82, 2.24) is 9.88 Å². The molecule has 1 fully saturated rings. The highest BCUT2D eigenvalue weighted by Crippen LogP contribution is 2.25. The molecule has 1 aromatic carbocycles. The average Bonchev–Trinajstić information content (AvgIpc) is 2.89. The van der Waals surface area contributed by atoms with Crippen LogP contribution >= 0.6 is 11.3 Å². The number of hydrogen-bond donors (Lipinski definition) is 1. The van der Waals surface area contributed by atoms with Gasteiger partial charge in [0.05, 0.1) is 16.8 Å². The van der Waals surface area contributed by atoms with E-state index in [-0.39, 0.29) is 5.91 Å². The lowest BCUT2D eigenvalue weighted by atomic mass is 10.0. The van der Waals surface area contributed by atoms with E-state index in [9.17, 15) is 4.79 Å². The molecule has 4 nitrogen and oxygen atoms in total. The normalized spacial score (nSPS) is 19.8. The molecular weight excluding hydrogens is 282 g/mol. The predicted molar refractivity (Wildman–Crippen MR) is 87.8 cm³/mol. The number of likely N-dealkylation sites (tertiary alicyclic amines) is 1. The first-order valence-corrected chi connectivity index (χ1v) is 8.47. The fourth-order valence-corrected chi connectivity index (χ4v) is 3.88. The van der Waals surface area contributed by atoms with Crippen LogP contribution in [0.2, 0.25) is 0 Å². The number of nitrogens with one attached hydrogen (secondary N) is 1. The minimum absolute atomic E-state index is 0.0504. The number of para-hydroxylation sites is 1. The zero-order valence-corrected chi connectivity index (χ0v) is 13.2. The molecule has 3 rings (SSSR count). The maximum absolute atomic E-state index is 12.2. The number of aromatic nitrogens is 1. The van der Waals surface area contributed by atoms with E-state index in [0.717, 1.165) is 23.2 Å². The maximum atomic E-state index is 12.2. The fourth-order valence-electron chi connectivity index (χ4n) is 3.00. The Bertz CT molecular complexity index is 592. The molecule has 2 aromatic rings. The van der Waals surface area contributed by atoms with Crippen LogP contribution in [0.5, 0.6) is 0 Å². The van der Waals surface area contributed by atoms with Gasteiger partial charge in [-0.2, -0.15) is 0 Å². The number of thiazole rings is 1. The van der Waals surface area contributed by atoms with Gasteiger partial charge in [0.2, 0.25) is 5.91 Å². The van der Waals surface area contributed by atoms with E-state index in [2.05, 4.69) is 22.1 Å². The number of amides is 1. The molecule has 0 radical (unpaired) electrons. The monoisotopic (exact) mass is 303 g/mol. The van der Waals surface area contributed by atoms with Crippen molar-refractivity contribution in [1.29, 1.82) is 0 Å². The molecular formula is C16H21N3OS. The van der Waals surface area contributed by atoms with Crippen LogP contribution in [0, 0.1) is 0 Å². The predicted octanol–water partition coefficient (Wildman–Crippen LogP) is 3.50. The molecule has 1 aromatic heterocycles. The first-order chi connectivity index (χ1) is 10.3. The Labute approximate surface area is 129 Å². The number of fused-ring (bicyclic) bond motifs is 1. The molecule has 1 saturated heterocycles. The van der Waals surface area contributed by atoms with E-state index in [0.29, 0.717) is 17.7 Å². The largest absolute Gasteiger partial charge is 0.301 e. The van der Waals surface area contributed by atoms with Gasteiger partial charge in [-0.3, -0.25) is 9.69 Å². The summed E-state index contributed by atoms with van der Waals surface area (Å²) in [5.41, 5.74) is 0.946. The molecule has 0 aliphatic carbocycles. The number of piperidine rings is 1. The summed E-state index contributed by atoms with van der Waals surface area (Å²) in [5, 5.41) is 3.65. The molecule has 112 valence electrons. The molecule has 21 heavy (non-hydrogen) atoms. The zero-order chi connectivity index (χ0) is 14.7. The number of rotatable bonds is 4. The van der Waals surface area contributed by atoms with Crippen molar-refractivity contribution >= 4 is 32.6 Å². The van der Waals surface area contributed by atoms with Crippen LogP contribution in [0.15, 0.2) is 24.3 Å². The van der Waals surface area contributed by atoms with Crippen molar-refractivity contribution in [3.63, 3.8) is 0 Å². The Kier molecular flexibility index (Phi) is 4.51. The lowest BCUT2D eigenvalue weighted by molar-refractivity contribution is -0.118. The number of anilines is 1. The third-order valence-corrected chi connectivity index (χ3v) is 5.06. The summed E-state index contributed by atoms with van der Waals surface area (Å²) in [6.45, 7) is 3.72. The molecule has 1 N–H and O–H groups in total. The van der Waals surface area contributed by atoms with Crippen LogP contribution in [0.25, 0.3) is 10.2 Å². The number of nitrogens with zero attached hydrogens (tertiary/aromatic N) is 2. The second kappa shape index (κ2) is 6.54. The lowest BCUT2D eigenvalue weighted by Gasteiger charge is -2.34. The standard InChI is InChI=1S/C16H21N3OS/c1-2-12-7-5-6-10-19(12)11-15(20)18-16-17-13-8-3-4-9-14(13)21-16/h3-4,8-9,12H,2,5-7,10-11H2,1H3,(H,17,18,20). The Morgan fingerprint density at radius 2 is 2.29 bits per heavy atom. The zero-order valence-electron chi connectivity index (χ0n) is 12.3. The first-order valence-electron chi connectivity index (χ1n) is 7.65. The highest BCUT2D eigenvalue weighted by Gasteiger charge is 2.23. The second-order valence-corrected chi connectivity index (χ2v) is 6.59. The van der Waals surface area contributed by atoms with Crippen molar-refractivity contribution in [2.75, 3.05) is 18.4 Å². The second-order valence-electron chi connectivity index (χ2n) is 5.56. The van der Waals surface area contributed by atoms with Crippen LogP contribution in [0.1, 0.15) is 32.6 Å². The van der Waals surface area contributed by atoms with Crippen LogP contribution in [-0.2, 0) is 4.79 Å². The van der Waals surface area contributed by atoms with Crippen molar-refractivity contribution in [2.45, 2.75) is 38.6 Å². The number of carbonyl (C=O) groups is 1. The molecule has 0 spiro atoms. The summed E-state index contributed by atoms with van der Waals surface area (Å²) in [5.74, 6) is 0.0504. The molecule has 0 saturated carbocycles. The summed E-state index contributed by atoms with van der Waals surface area (Å²) >= 11 is 1.53. The Morgan fingerprint density at radius 3 is 3.10 bits per heavy atom. The summed E-state index contributed by atoms with van der Waals surface area (Å²) in [4.78, 5) is 19.0. The third kappa shape index (κ3) is 3.41. The number of benzene rings is 1. The van der Waals surface area contributed by atoms with Crippen molar-refractivity contribution < 1.29 is 4.79 Å². The first kappa shape index (κ1) is 14.5. The Hall–Kier alpha value is -1.46. The summed E-state index contributed by atoms with van der Waals surface area (Å²) < 4.78 is 1.11. The van der Waals surface area contributed by atoms with Crippen LogP contribution in [0.3, 0.4) is 0 Å². The van der Waals surface area contributed by atoms with Gasteiger partial charge in [0.1, 0.15) is 0 Å². The van der Waals surface area contributed by atoms with E-state index in [1.165, 1.54) is 30.6 Å². The van der Waals surface area contributed by atoms with Crippen LogP contribution < -0.4 is 5.32 Å². The molecule has 5 heteroatoms. The SMILES string of the molecule is CCC1CCCCN1CC(=O)Nc1nc2ccccc2s1. The molecule has 1 unspecified atom stereocenters. The average molecular weight is 303 g/mol. The summed E-state index contributed by atoms with van der Waals surface area (Å²) in [6, 6.07) is 8.51. The Morgan fingerprint density at radius 1 is 1.43 bits per heavy atom. The topological polar surface area (TPSA) is 45.2 Å². The quantitative estimate of drug-likeness (QED) is 0.940. The maximum Gasteiger partial charge on any atom is 0.240 e. The lowest BCUT2D eigenvalue weighted by Crippen LogP contribution is -2.43. The molecule has 1 amide bonds. The molecule has 2 heterocycles. The minimum Gasteiger partial charge on any atom is -0.301 e. The van der Waals surface area contributed by atoms with Crippen LogP contribution in [0.4, 0.5) is 5.13 Å². The fraction of sp³-hybridized carbons (Fsp3) is 0.500. The van der Waals surface area contributed by atoms with Crippen molar-refractivity contribution in [3.05, 3.63) is 24.3 Å². The highest BCUT2D eigenvalue weighted by atomic mass is 32.1. The number of hydrogen-bond acceptors (Lipinski definition) is 4. The van der Waals surface area contributed by atoms with Gasteiger partial charge in [0, 0.05) is 6.04 Å². The highest BCUT2D eigenvalue weighted by molar-refractivity contribution is 7.22. The molecule has 1 atom stereocenters. The third-order valence-electron chi connectivity index (χ3n) is 4.11. The van der Waals surface area contributed by atoms with E-state index >= 15 is 0 Å². The minimum atomic E-state index is 0.0504. The van der Waals surface area contributed by atoms with E-state index in [4.69, 9.17) is 0 Å². The molecule has 1 aliphatic rings. The van der Waals surface area contributed by atoms with E-state index < -0.39 is 0 Å². The van der Waals surface area contributed by atoms with Gasteiger partial charge in [-0.1, -0.05) is 36.8 Å². The smallest absolute Gasteiger partial charge is 0.240 e.